The average molecular weight is 291 g/mol. The predicted molar refractivity (Wildman–Crippen MR) is 84.3 cm³/mol. The normalized spacial score (nSPS) is 13.8. The van der Waals surface area contributed by atoms with E-state index in [1.165, 1.54) is 0 Å². The molecule has 1 amide bonds. The van der Waals surface area contributed by atoms with Gasteiger partial charge in [0.15, 0.2) is 5.84 Å². The van der Waals surface area contributed by atoms with Gasteiger partial charge in [0.2, 0.25) is 5.91 Å². The van der Waals surface area contributed by atoms with Gasteiger partial charge in [0.1, 0.15) is 5.92 Å². The Balaban J connectivity index is 3.08. The van der Waals surface area contributed by atoms with Crippen molar-refractivity contribution < 1.29 is 10.0 Å². The number of hydrogen-bond donors (Lipinski definition) is 3. The van der Waals surface area contributed by atoms with E-state index in [1.54, 1.807) is 12.1 Å². The minimum atomic E-state index is -0.778. The van der Waals surface area contributed by atoms with Crippen LogP contribution in [0.25, 0.3) is 0 Å². The lowest BCUT2D eigenvalue weighted by Gasteiger charge is -2.33. The summed E-state index contributed by atoms with van der Waals surface area (Å²) < 4.78 is 0. The topological polar surface area (TPSA) is 87.7 Å². The molecular weight excluding hydrogens is 266 g/mol. The van der Waals surface area contributed by atoms with Crippen LogP contribution in [0.15, 0.2) is 35.5 Å². The van der Waals surface area contributed by atoms with E-state index in [0.717, 1.165) is 19.3 Å². The van der Waals surface area contributed by atoms with E-state index in [4.69, 9.17) is 10.9 Å². The van der Waals surface area contributed by atoms with Gasteiger partial charge >= 0.3 is 0 Å². The highest BCUT2D eigenvalue weighted by atomic mass is 16.4. The Hall–Kier alpha value is -2.04. The first-order chi connectivity index (χ1) is 10.0. The third-order valence-corrected chi connectivity index (χ3v) is 4.23. The van der Waals surface area contributed by atoms with Crippen LogP contribution in [0.4, 0.5) is 0 Å². The highest BCUT2D eigenvalue weighted by Crippen LogP contribution is 2.23. The molecule has 1 rings (SSSR count). The van der Waals surface area contributed by atoms with Gasteiger partial charge in [-0.1, -0.05) is 56.3 Å². The molecule has 0 aromatic heterocycles. The highest BCUT2D eigenvalue weighted by Gasteiger charge is 2.32. The van der Waals surface area contributed by atoms with Gasteiger partial charge in [-0.2, -0.15) is 0 Å². The van der Waals surface area contributed by atoms with E-state index >= 15 is 0 Å². The van der Waals surface area contributed by atoms with Crippen molar-refractivity contribution in [2.24, 2.45) is 10.9 Å². The molecule has 1 atom stereocenters. The molecule has 5 heteroatoms. The van der Waals surface area contributed by atoms with Crippen molar-refractivity contribution in [3.63, 3.8) is 0 Å². The zero-order valence-corrected chi connectivity index (χ0v) is 13.0. The van der Waals surface area contributed by atoms with E-state index in [-0.39, 0.29) is 17.3 Å². The molecule has 1 aromatic rings. The minimum Gasteiger partial charge on any atom is -0.409 e. The van der Waals surface area contributed by atoms with E-state index in [1.807, 2.05) is 39.0 Å². The molecule has 5 nitrogen and oxygen atoms in total. The zero-order valence-electron chi connectivity index (χ0n) is 13.0. The van der Waals surface area contributed by atoms with Crippen molar-refractivity contribution in [2.75, 3.05) is 0 Å². The molecule has 0 fully saturated rings. The Labute approximate surface area is 126 Å². The van der Waals surface area contributed by atoms with Crippen LogP contribution in [0.1, 0.15) is 51.5 Å². The quantitative estimate of drug-likeness (QED) is 0.312. The third-order valence-electron chi connectivity index (χ3n) is 4.23. The van der Waals surface area contributed by atoms with Gasteiger partial charge in [0.25, 0.3) is 0 Å². The molecule has 4 N–H and O–H groups in total. The summed E-state index contributed by atoms with van der Waals surface area (Å²) in [5.74, 6) is -1.11. The van der Waals surface area contributed by atoms with Gasteiger partial charge < -0.3 is 16.3 Å². The maximum absolute atomic E-state index is 12.7. The largest absolute Gasteiger partial charge is 0.409 e. The van der Waals surface area contributed by atoms with Gasteiger partial charge in [0, 0.05) is 5.54 Å². The molecular formula is C16H25N3O2. The molecule has 0 aliphatic carbocycles. The van der Waals surface area contributed by atoms with E-state index in [9.17, 15) is 4.79 Å². The fourth-order valence-corrected chi connectivity index (χ4v) is 2.51. The van der Waals surface area contributed by atoms with Crippen molar-refractivity contribution in [3.8, 4) is 0 Å². The fraction of sp³-hybridized carbons (Fsp3) is 0.500. The van der Waals surface area contributed by atoms with Gasteiger partial charge in [-0.05, 0) is 24.8 Å². The van der Waals surface area contributed by atoms with Crippen LogP contribution in [0.3, 0.4) is 0 Å². The first kappa shape index (κ1) is 17.0. The van der Waals surface area contributed by atoms with Gasteiger partial charge in [-0.3, -0.25) is 4.79 Å². The Morgan fingerprint density at radius 1 is 1.24 bits per heavy atom. The van der Waals surface area contributed by atoms with Gasteiger partial charge in [-0.25, -0.2) is 0 Å². The van der Waals surface area contributed by atoms with E-state index in [2.05, 4.69) is 10.5 Å². The Morgan fingerprint density at radius 2 is 1.76 bits per heavy atom. The lowest BCUT2D eigenvalue weighted by molar-refractivity contribution is -0.123. The predicted octanol–water partition coefficient (Wildman–Crippen LogP) is 2.60. The van der Waals surface area contributed by atoms with E-state index in [0.29, 0.717) is 5.56 Å². The summed E-state index contributed by atoms with van der Waals surface area (Å²) in [7, 11) is 0. The molecule has 0 radical (unpaired) electrons. The number of nitrogens with one attached hydrogen (secondary N) is 1. The molecule has 116 valence electrons. The maximum atomic E-state index is 12.7. The zero-order chi connectivity index (χ0) is 15.9. The molecule has 0 aliphatic rings. The maximum Gasteiger partial charge on any atom is 0.235 e. The number of amidine groups is 1. The van der Waals surface area contributed by atoms with Crippen molar-refractivity contribution in [1.82, 2.24) is 5.32 Å². The minimum absolute atomic E-state index is 0.101. The lowest BCUT2D eigenvalue weighted by Crippen LogP contribution is -2.50. The van der Waals surface area contributed by atoms with Crippen molar-refractivity contribution in [3.05, 3.63) is 35.9 Å². The second kappa shape index (κ2) is 7.67. The summed E-state index contributed by atoms with van der Waals surface area (Å²) in [5, 5.41) is 15.1. The number of hydrogen-bond acceptors (Lipinski definition) is 3. The molecule has 1 aromatic carbocycles. The molecule has 0 heterocycles. The second-order valence-electron chi connectivity index (χ2n) is 5.20. The summed E-state index contributed by atoms with van der Waals surface area (Å²) in [6, 6.07) is 9.11. The SMILES string of the molecule is CCC(CC)(CC)NC(=O)C(C(N)=NO)c1ccccc1. The second-order valence-corrected chi connectivity index (χ2v) is 5.20. The standard InChI is InChI=1S/C16H25N3O2/c1-4-16(5-2,6-3)18-15(20)13(14(17)19-21)12-10-8-7-9-11-12/h7-11,13,21H,4-6H2,1-3H3,(H2,17,19)(H,18,20). The number of oxime groups is 1. The molecule has 0 saturated carbocycles. The molecule has 1 unspecified atom stereocenters. The van der Waals surface area contributed by atoms with E-state index < -0.39 is 5.92 Å². The third kappa shape index (κ3) is 3.97. The van der Waals surface area contributed by atoms with Crippen LogP contribution in [0.2, 0.25) is 0 Å². The number of benzene rings is 1. The van der Waals surface area contributed by atoms with Crippen LogP contribution >= 0.6 is 0 Å². The van der Waals surface area contributed by atoms with Gasteiger partial charge in [0.05, 0.1) is 0 Å². The average Bonchev–Trinajstić information content (AvgIpc) is 2.53. The first-order valence-corrected chi connectivity index (χ1v) is 7.38. The fourth-order valence-electron chi connectivity index (χ4n) is 2.51. The van der Waals surface area contributed by atoms with Crippen LogP contribution in [0, 0.1) is 0 Å². The summed E-state index contributed by atoms with van der Waals surface area (Å²) in [4.78, 5) is 12.7. The van der Waals surface area contributed by atoms with Gasteiger partial charge in [-0.15, -0.1) is 0 Å². The molecule has 0 spiro atoms. The molecule has 0 saturated heterocycles. The number of amides is 1. The number of carbonyl (C=O) groups excluding carboxylic acids is 1. The highest BCUT2D eigenvalue weighted by molar-refractivity contribution is 6.07. The van der Waals surface area contributed by atoms with Crippen molar-refractivity contribution in [1.29, 1.82) is 0 Å². The number of carbonyl (C=O) groups is 1. The van der Waals surface area contributed by atoms with Crippen LogP contribution in [-0.2, 0) is 4.79 Å². The summed E-state index contributed by atoms with van der Waals surface area (Å²) in [6.07, 6.45) is 2.51. The number of nitrogens with zero attached hydrogens (tertiary/aromatic N) is 1. The smallest absolute Gasteiger partial charge is 0.235 e. The number of rotatable bonds is 7. The Bertz CT molecular complexity index is 473. The lowest BCUT2D eigenvalue weighted by atomic mass is 9.88. The Morgan fingerprint density at radius 3 is 2.19 bits per heavy atom. The summed E-state index contributed by atoms with van der Waals surface area (Å²) in [6.45, 7) is 6.15. The first-order valence-electron chi connectivity index (χ1n) is 7.38. The van der Waals surface area contributed by atoms with Crippen LogP contribution < -0.4 is 11.1 Å². The summed E-state index contributed by atoms with van der Waals surface area (Å²) in [5.41, 5.74) is 6.19. The monoisotopic (exact) mass is 291 g/mol. The van der Waals surface area contributed by atoms with Crippen LogP contribution in [0.5, 0.6) is 0 Å². The summed E-state index contributed by atoms with van der Waals surface area (Å²) >= 11 is 0. The van der Waals surface area contributed by atoms with Crippen molar-refractivity contribution >= 4 is 11.7 Å². The Kier molecular flexibility index (Phi) is 6.21. The number of nitrogens with two attached hydrogens (primary N) is 1. The molecule has 21 heavy (non-hydrogen) atoms. The van der Waals surface area contributed by atoms with Crippen molar-refractivity contribution in [2.45, 2.75) is 51.5 Å². The molecule has 0 bridgehead atoms. The molecule has 0 aliphatic heterocycles. The van der Waals surface area contributed by atoms with Crippen LogP contribution in [-0.4, -0.2) is 22.5 Å².